The van der Waals surface area contributed by atoms with Gasteiger partial charge in [0.15, 0.2) is 0 Å². The minimum Gasteiger partial charge on any atom is -0.349 e. The fraction of sp³-hybridized carbons (Fsp3) is 0.200. The summed E-state index contributed by atoms with van der Waals surface area (Å²) < 4.78 is 0. The largest absolute Gasteiger partial charge is 0.349 e. The van der Waals surface area contributed by atoms with Gasteiger partial charge in [-0.3, -0.25) is 0 Å². The van der Waals surface area contributed by atoms with E-state index in [1.807, 2.05) is 29.8 Å². The molecule has 0 fully saturated rings. The topological polar surface area (TPSA) is 29.3 Å². The zero-order valence-electron chi connectivity index (χ0n) is 7.26. The Balaban J connectivity index is 2.02. The van der Waals surface area contributed by atoms with Gasteiger partial charge in [0.1, 0.15) is 5.50 Å². The number of thioether (sulfide) groups is 1. The van der Waals surface area contributed by atoms with Crippen molar-refractivity contribution in [2.75, 3.05) is 0 Å². The van der Waals surface area contributed by atoms with Crippen molar-refractivity contribution in [1.29, 1.82) is 0 Å². The molecule has 1 aromatic carbocycles. The third kappa shape index (κ3) is 2.05. The van der Waals surface area contributed by atoms with Crippen molar-refractivity contribution >= 4 is 11.8 Å². The summed E-state index contributed by atoms with van der Waals surface area (Å²) in [6, 6.07) is 10.4. The molecule has 0 spiro atoms. The van der Waals surface area contributed by atoms with Gasteiger partial charge in [-0.15, -0.1) is 0 Å². The van der Waals surface area contributed by atoms with Crippen molar-refractivity contribution < 1.29 is 0 Å². The zero-order chi connectivity index (χ0) is 9.10. The molecular weight excluding hydrogens is 180 g/mol. The van der Waals surface area contributed by atoms with Gasteiger partial charge in [0.05, 0.1) is 0 Å². The molecule has 1 unspecified atom stereocenters. The minimum absolute atomic E-state index is 0.0835. The first-order chi connectivity index (χ1) is 6.36. The molecule has 0 amide bonds. The van der Waals surface area contributed by atoms with Crippen LogP contribution in [0.5, 0.6) is 0 Å². The third-order valence-corrected chi connectivity index (χ3v) is 2.83. The smallest absolute Gasteiger partial charge is 0.129 e. The van der Waals surface area contributed by atoms with Gasteiger partial charge in [0, 0.05) is 12.7 Å². The van der Waals surface area contributed by atoms with Crippen LogP contribution in [0.1, 0.15) is 5.56 Å². The van der Waals surface area contributed by atoms with Crippen LogP contribution in [0.25, 0.3) is 0 Å². The Labute approximate surface area is 82.4 Å². The monoisotopic (exact) mass is 192 g/mol. The molecule has 1 heterocycles. The molecule has 1 aliphatic heterocycles. The highest BCUT2D eigenvalue weighted by molar-refractivity contribution is 8.02. The molecule has 0 bridgehead atoms. The molecule has 2 rings (SSSR count). The molecule has 13 heavy (non-hydrogen) atoms. The maximum Gasteiger partial charge on any atom is 0.129 e. The lowest BCUT2D eigenvalue weighted by Gasteiger charge is -2.20. The first-order valence-electron chi connectivity index (χ1n) is 4.23. The molecule has 0 aliphatic carbocycles. The van der Waals surface area contributed by atoms with Gasteiger partial charge in [-0.2, -0.15) is 0 Å². The highest BCUT2D eigenvalue weighted by Gasteiger charge is 2.14. The second-order valence-corrected chi connectivity index (χ2v) is 4.00. The Kier molecular flexibility index (Phi) is 2.57. The van der Waals surface area contributed by atoms with Gasteiger partial charge >= 0.3 is 0 Å². The summed E-state index contributed by atoms with van der Waals surface area (Å²) in [5.41, 5.74) is 7.23. The van der Waals surface area contributed by atoms with E-state index in [0.29, 0.717) is 0 Å². The molecule has 68 valence electrons. The van der Waals surface area contributed by atoms with Gasteiger partial charge < -0.3 is 10.6 Å². The molecule has 1 atom stereocenters. The Bertz CT molecular complexity index is 297. The minimum atomic E-state index is 0.0835. The van der Waals surface area contributed by atoms with Crippen molar-refractivity contribution in [3.8, 4) is 0 Å². The van der Waals surface area contributed by atoms with Crippen LogP contribution < -0.4 is 5.73 Å². The van der Waals surface area contributed by atoms with E-state index >= 15 is 0 Å². The highest BCUT2D eigenvalue weighted by Crippen LogP contribution is 2.22. The van der Waals surface area contributed by atoms with Crippen LogP contribution in [0.2, 0.25) is 0 Å². The second-order valence-electron chi connectivity index (χ2n) is 2.97. The number of rotatable bonds is 2. The van der Waals surface area contributed by atoms with E-state index in [-0.39, 0.29) is 5.50 Å². The van der Waals surface area contributed by atoms with Crippen LogP contribution in [0.3, 0.4) is 0 Å². The lowest BCUT2D eigenvalue weighted by molar-refractivity contribution is 0.360. The summed E-state index contributed by atoms with van der Waals surface area (Å²) in [5, 5.41) is 2.04. The summed E-state index contributed by atoms with van der Waals surface area (Å²) in [4.78, 5) is 2.12. The number of nitrogens with two attached hydrogens (primary N) is 1. The normalized spacial score (nSPS) is 21.0. The maximum absolute atomic E-state index is 5.85. The van der Waals surface area contributed by atoms with E-state index in [1.54, 1.807) is 11.8 Å². The van der Waals surface area contributed by atoms with E-state index in [0.717, 1.165) is 6.54 Å². The number of hydrogen-bond acceptors (Lipinski definition) is 3. The summed E-state index contributed by atoms with van der Waals surface area (Å²) in [5.74, 6) is 0. The van der Waals surface area contributed by atoms with Gasteiger partial charge in [-0.05, 0) is 11.0 Å². The van der Waals surface area contributed by atoms with E-state index in [1.165, 1.54) is 5.56 Å². The van der Waals surface area contributed by atoms with Crippen molar-refractivity contribution in [2.45, 2.75) is 12.0 Å². The molecule has 0 saturated carbocycles. The fourth-order valence-electron chi connectivity index (χ4n) is 1.29. The summed E-state index contributed by atoms with van der Waals surface area (Å²) in [6.45, 7) is 0.894. The van der Waals surface area contributed by atoms with E-state index < -0.39 is 0 Å². The van der Waals surface area contributed by atoms with Crippen LogP contribution >= 0.6 is 11.8 Å². The number of benzene rings is 1. The highest BCUT2D eigenvalue weighted by atomic mass is 32.2. The van der Waals surface area contributed by atoms with Crippen LogP contribution in [-0.4, -0.2) is 10.4 Å². The second kappa shape index (κ2) is 3.85. The van der Waals surface area contributed by atoms with Gasteiger partial charge in [0.25, 0.3) is 0 Å². The van der Waals surface area contributed by atoms with Gasteiger partial charge in [-0.1, -0.05) is 42.1 Å². The Morgan fingerprint density at radius 2 is 2.08 bits per heavy atom. The summed E-state index contributed by atoms with van der Waals surface area (Å²) >= 11 is 1.65. The van der Waals surface area contributed by atoms with Gasteiger partial charge in [-0.25, -0.2) is 0 Å². The molecule has 0 aromatic heterocycles. The Morgan fingerprint density at radius 1 is 1.31 bits per heavy atom. The summed E-state index contributed by atoms with van der Waals surface area (Å²) in [7, 11) is 0. The van der Waals surface area contributed by atoms with E-state index in [2.05, 4.69) is 17.0 Å². The standard InChI is InChI=1S/C10H12N2S/c11-10-12(6-7-13-10)8-9-4-2-1-3-5-9/h1-7,10H,8,11H2. The van der Waals surface area contributed by atoms with Gasteiger partial charge in [0.2, 0.25) is 0 Å². The average Bonchev–Trinajstić information content (AvgIpc) is 2.54. The van der Waals surface area contributed by atoms with Crippen LogP contribution in [0, 0.1) is 0 Å². The lowest BCUT2D eigenvalue weighted by atomic mass is 10.2. The molecule has 2 nitrogen and oxygen atoms in total. The Morgan fingerprint density at radius 3 is 2.69 bits per heavy atom. The lowest BCUT2D eigenvalue weighted by Crippen LogP contribution is -2.31. The van der Waals surface area contributed by atoms with Crippen molar-refractivity contribution in [2.24, 2.45) is 5.73 Å². The van der Waals surface area contributed by atoms with Crippen LogP contribution in [-0.2, 0) is 6.54 Å². The average molecular weight is 192 g/mol. The molecule has 1 aromatic rings. The third-order valence-electron chi connectivity index (χ3n) is 2.01. The molecule has 2 N–H and O–H groups in total. The fourth-order valence-corrected chi connectivity index (χ4v) is 1.98. The Hall–Kier alpha value is -0.930. The molecular formula is C10H12N2S. The van der Waals surface area contributed by atoms with Crippen LogP contribution in [0.4, 0.5) is 0 Å². The van der Waals surface area contributed by atoms with Crippen LogP contribution in [0.15, 0.2) is 41.9 Å². The molecule has 0 radical (unpaired) electrons. The van der Waals surface area contributed by atoms with Crippen molar-refractivity contribution in [3.05, 3.63) is 47.5 Å². The van der Waals surface area contributed by atoms with Crippen molar-refractivity contribution in [3.63, 3.8) is 0 Å². The first kappa shape index (κ1) is 8.66. The predicted molar refractivity (Wildman–Crippen MR) is 56.7 cm³/mol. The predicted octanol–water partition coefficient (Wildman–Crippen LogP) is 1.95. The van der Waals surface area contributed by atoms with Crippen molar-refractivity contribution in [1.82, 2.24) is 4.90 Å². The first-order valence-corrected chi connectivity index (χ1v) is 5.18. The quantitative estimate of drug-likeness (QED) is 0.776. The number of nitrogens with zero attached hydrogens (tertiary/aromatic N) is 1. The maximum atomic E-state index is 5.85. The SMILES string of the molecule is NC1SC=CN1Cc1ccccc1. The molecule has 1 aliphatic rings. The van der Waals surface area contributed by atoms with E-state index in [9.17, 15) is 0 Å². The molecule has 3 heteroatoms. The zero-order valence-corrected chi connectivity index (χ0v) is 8.08. The van der Waals surface area contributed by atoms with E-state index in [4.69, 9.17) is 5.73 Å². The molecule has 0 saturated heterocycles. The number of hydrogen-bond donors (Lipinski definition) is 1. The summed E-state index contributed by atoms with van der Waals surface area (Å²) in [6.07, 6.45) is 2.04.